The van der Waals surface area contributed by atoms with Crippen molar-refractivity contribution in [3.05, 3.63) is 29.3 Å². The van der Waals surface area contributed by atoms with Gasteiger partial charge in [0, 0.05) is 25.4 Å². The fourth-order valence-electron chi connectivity index (χ4n) is 2.52. The molecule has 0 saturated heterocycles. The van der Waals surface area contributed by atoms with Gasteiger partial charge in [0.15, 0.2) is 5.11 Å². The summed E-state index contributed by atoms with van der Waals surface area (Å²) < 4.78 is 5.14. The molecule has 0 saturated carbocycles. The zero-order chi connectivity index (χ0) is 13.8. The summed E-state index contributed by atoms with van der Waals surface area (Å²) in [6.07, 6.45) is 2.29. The van der Waals surface area contributed by atoms with Crippen LogP contribution in [0, 0.1) is 6.92 Å². The number of anilines is 1. The molecule has 1 N–H and O–H groups in total. The first-order valence-electron chi connectivity index (χ1n) is 6.78. The maximum atomic E-state index is 5.53. The Balaban J connectivity index is 2.12. The Morgan fingerprint density at radius 2 is 2.32 bits per heavy atom. The molecule has 1 aromatic rings. The molecule has 1 heterocycles. The number of hydrogen-bond donors (Lipinski definition) is 1. The van der Waals surface area contributed by atoms with Crippen molar-refractivity contribution in [2.24, 2.45) is 0 Å². The number of nitrogens with zero attached hydrogens (tertiary/aromatic N) is 1. The summed E-state index contributed by atoms with van der Waals surface area (Å²) in [5.41, 5.74) is 3.96. The van der Waals surface area contributed by atoms with Gasteiger partial charge in [-0.2, -0.15) is 0 Å². The Bertz CT molecular complexity index is 461. The summed E-state index contributed by atoms with van der Waals surface area (Å²) in [7, 11) is 1.71. The summed E-state index contributed by atoms with van der Waals surface area (Å²) in [5, 5.41) is 4.14. The first-order chi connectivity index (χ1) is 9.11. The number of nitrogens with one attached hydrogen (secondary N) is 1. The van der Waals surface area contributed by atoms with Crippen molar-refractivity contribution < 1.29 is 4.74 Å². The van der Waals surface area contributed by atoms with Gasteiger partial charge in [-0.1, -0.05) is 17.7 Å². The molecule has 0 spiro atoms. The lowest BCUT2D eigenvalue weighted by Gasteiger charge is -2.33. The smallest absolute Gasteiger partial charge is 0.173 e. The summed E-state index contributed by atoms with van der Waals surface area (Å²) in [4.78, 5) is 2.21. The van der Waals surface area contributed by atoms with E-state index < -0.39 is 0 Å². The Labute approximate surface area is 120 Å². The van der Waals surface area contributed by atoms with Crippen LogP contribution in [-0.4, -0.2) is 31.4 Å². The molecule has 0 radical (unpaired) electrons. The van der Waals surface area contributed by atoms with Gasteiger partial charge < -0.3 is 15.0 Å². The molecular formula is C15H22N2OS. The predicted molar refractivity (Wildman–Crippen MR) is 83.9 cm³/mol. The quantitative estimate of drug-likeness (QED) is 0.859. The standard InChI is InChI=1S/C15H22N2OS/c1-11-6-7-14-13(9-11)5-4-8-17(14)15(19)16-12(2)10-18-3/h6-7,9,12H,4-5,8,10H2,1-3H3,(H,16,19). The van der Waals surface area contributed by atoms with Gasteiger partial charge in [0.2, 0.25) is 0 Å². The Hall–Kier alpha value is -1.13. The van der Waals surface area contributed by atoms with Crippen LogP contribution >= 0.6 is 12.2 Å². The third-order valence-electron chi connectivity index (χ3n) is 3.39. The molecule has 1 aliphatic rings. The van der Waals surface area contributed by atoms with Crippen LogP contribution in [0.15, 0.2) is 18.2 Å². The fourth-order valence-corrected chi connectivity index (χ4v) is 2.91. The van der Waals surface area contributed by atoms with Gasteiger partial charge in [0.05, 0.1) is 6.61 Å². The zero-order valence-electron chi connectivity index (χ0n) is 11.9. The van der Waals surface area contributed by atoms with Crippen molar-refractivity contribution >= 4 is 23.0 Å². The first kappa shape index (κ1) is 14.3. The van der Waals surface area contributed by atoms with E-state index in [0.29, 0.717) is 6.61 Å². The largest absolute Gasteiger partial charge is 0.383 e. The molecule has 0 aromatic heterocycles. The van der Waals surface area contributed by atoms with E-state index in [2.05, 4.69) is 42.3 Å². The van der Waals surface area contributed by atoms with Crippen molar-refractivity contribution in [2.45, 2.75) is 32.7 Å². The number of rotatable bonds is 3. The van der Waals surface area contributed by atoms with Crippen LogP contribution in [-0.2, 0) is 11.2 Å². The predicted octanol–water partition coefficient (Wildman–Crippen LogP) is 2.66. The monoisotopic (exact) mass is 278 g/mol. The molecular weight excluding hydrogens is 256 g/mol. The van der Waals surface area contributed by atoms with E-state index >= 15 is 0 Å². The van der Waals surface area contributed by atoms with E-state index in [1.165, 1.54) is 16.8 Å². The van der Waals surface area contributed by atoms with Crippen LogP contribution in [0.2, 0.25) is 0 Å². The van der Waals surface area contributed by atoms with Crippen LogP contribution in [0.25, 0.3) is 0 Å². The van der Waals surface area contributed by atoms with Crippen LogP contribution < -0.4 is 10.2 Å². The summed E-state index contributed by atoms with van der Waals surface area (Å²) >= 11 is 5.53. The minimum atomic E-state index is 0.230. The first-order valence-corrected chi connectivity index (χ1v) is 7.19. The van der Waals surface area contributed by atoms with E-state index in [0.717, 1.165) is 24.5 Å². The van der Waals surface area contributed by atoms with E-state index in [1.807, 2.05) is 0 Å². The molecule has 19 heavy (non-hydrogen) atoms. The molecule has 1 atom stereocenters. The number of ether oxygens (including phenoxy) is 1. The van der Waals surface area contributed by atoms with Crippen molar-refractivity contribution in [1.82, 2.24) is 5.32 Å². The maximum absolute atomic E-state index is 5.53. The normalized spacial score (nSPS) is 15.8. The molecule has 0 fully saturated rings. The van der Waals surface area contributed by atoms with Gasteiger partial charge in [-0.3, -0.25) is 0 Å². The highest BCUT2D eigenvalue weighted by Crippen LogP contribution is 2.28. The maximum Gasteiger partial charge on any atom is 0.173 e. The lowest BCUT2D eigenvalue weighted by molar-refractivity contribution is 0.179. The number of fused-ring (bicyclic) bond motifs is 1. The van der Waals surface area contributed by atoms with Gasteiger partial charge in [-0.05, 0) is 50.5 Å². The van der Waals surface area contributed by atoms with Crippen molar-refractivity contribution in [3.8, 4) is 0 Å². The highest BCUT2D eigenvalue weighted by atomic mass is 32.1. The second-order valence-corrected chi connectivity index (χ2v) is 5.58. The van der Waals surface area contributed by atoms with Crippen molar-refractivity contribution in [2.75, 3.05) is 25.2 Å². The van der Waals surface area contributed by atoms with E-state index in [1.54, 1.807) is 7.11 Å². The third-order valence-corrected chi connectivity index (χ3v) is 3.72. The van der Waals surface area contributed by atoms with Gasteiger partial charge in [0.25, 0.3) is 0 Å². The number of methoxy groups -OCH3 is 1. The average Bonchev–Trinajstić information content (AvgIpc) is 2.37. The Morgan fingerprint density at radius 1 is 1.53 bits per heavy atom. The highest BCUT2D eigenvalue weighted by molar-refractivity contribution is 7.80. The molecule has 0 amide bonds. The van der Waals surface area contributed by atoms with Gasteiger partial charge in [-0.15, -0.1) is 0 Å². The molecule has 1 unspecified atom stereocenters. The fraction of sp³-hybridized carbons (Fsp3) is 0.533. The lowest BCUT2D eigenvalue weighted by atomic mass is 10.00. The minimum Gasteiger partial charge on any atom is -0.383 e. The second-order valence-electron chi connectivity index (χ2n) is 5.19. The number of benzene rings is 1. The van der Waals surface area contributed by atoms with Crippen LogP contribution in [0.3, 0.4) is 0 Å². The zero-order valence-corrected chi connectivity index (χ0v) is 12.7. The van der Waals surface area contributed by atoms with Crippen molar-refractivity contribution in [3.63, 3.8) is 0 Å². The summed E-state index contributed by atoms with van der Waals surface area (Å²) in [6, 6.07) is 6.83. The van der Waals surface area contributed by atoms with Crippen molar-refractivity contribution in [1.29, 1.82) is 0 Å². The minimum absolute atomic E-state index is 0.230. The average molecular weight is 278 g/mol. The Kier molecular flexibility index (Phi) is 4.77. The van der Waals surface area contributed by atoms with Gasteiger partial charge >= 0.3 is 0 Å². The molecule has 2 rings (SSSR count). The number of thiocarbonyl (C=S) groups is 1. The SMILES string of the molecule is COCC(C)NC(=S)N1CCCc2cc(C)ccc21. The second kappa shape index (κ2) is 6.35. The molecule has 4 heteroatoms. The van der Waals surface area contributed by atoms with Gasteiger partial charge in [0.1, 0.15) is 0 Å². The van der Waals surface area contributed by atoms with Crippen LogP contribution in [0.1, 0.15) is 24.5 Å². The number of aryl methyl sites for hydroxylation is 2. The third kappa shape index (κ3) is 3.45. The summed E-state index contributed by atoms with van der Waals surface area (Å²) in [6.45, 7) is 5.86. The van der Waals surface area contributed by atoms with E-state index in [4.69, 9.17) is 17.0 Å². The summed E-state index contributed by atoms with van der Waals surface area (Å²) in [5.74, 6) is 0. The lowest BCUT2D eigenvalue weighted by Crippen LogP contribution is -2.47. The van der Waals surface area contributed by atoms with E-state index in [-0.39, 0.29) is 6.04 Å². The molecule has 0 aliphatic carbocycles. The van der Waals surface area contributed by atoms with Gasteiger partial charge in [-0.25, -0.2) is 0 Å². The molecule has 1 aromatic carbocycles. The highest BCUT2D eigenvalue weighted by Gasteiger charge is 2.20. The molecule has 3 nitrogen and oxygen atoms in total. The van der Waals surface area contributed by atoms with E-state index in [9.17, 15) is 0 Å². The topological polar surface area (TPSA) is 24.5 Å². The van der Waals surface area contributed by atoms with Crippen LogP contribution in [0.4, 0.5) is 5.69 Å². The molecule has 1 aliphatic heterocycles. The number of hydrogen-bond acceptors (Lipinski definition) is 2. The molecule has 0 bridgehead atoms. The molecule has 104 valence electrons. The van der Waals surface area contributed by atoms with Crippen LogP contribution in [0.5, 0.6) is 0 Å². The Morgan fingerprint density at radius 3 is 3.05 bits per heavy atom.